The lowest BCUT2D eigenvalue weighted by molar-refractivity contribution is 0.415. The molecular weight excluding hydrogens is 246 g/mol. The van der Waals surface area contributed by atoms with Gasteiger partial charge in [0, 0.05) is 16.1 Å². The van der Waals surface area contributed by atoms with Gasteiger partial charge in [-0.1, -0.05) is 6.07 Å². The predicted molar refractivity (Wildman–Crippen MR) is 73.1 cm³/mol. The van der Waals surface area contributed by atoms with Crippen molar-refractivity contribution in [3.8, 4) is 11.5 Å². The summed E-state index contributed by atoms with van der Waals surface area (Å²) in [5, 5.41) is 9.82. The number of phenols is 1. The lowest BCUT2D eigenvalue weighted by Gasteiger charge is -2.16. The van der Waals surface area contributed by atoms with Gasteiger partial charge in [0.15, 0.2) is 0 Å². The molecule has 3 rings (SSSR count). The number of aromatic hydroxyl groups is 1. The summed E-state index contributed by atoms with van der Waals surface area (Å²) >= 11 is 1.65. The quantitative estimate of drug-likeness (QED) is 0.838. The molecule has 92 valence electrons. The van der Waals surface area contributed by atoms with Gasteiger partial charge in [0.1, 0.15) is 11.5 Å². The van der Waals surface area contributed by atoms with Gasteiger partial charge in [-0.15, -0.1) is 0 Å². The van der Waals surface area contributed by atoms with Crippen molar-refractivity contribution in [2.24, 2.45) is 0 Å². The van der Waals surface area contributed by atoms with Crippen LogP contribution in [0.3, 0.4) is 0 Å². The van der Waals surface area contributed by atoms with Gasteiger partial charge < -0.3 is 14.1 Å². The summed E-state index contributed by atoms with van der Waals surface area (Å²) < 4.78 is 7.30. The van der Waals surface area contributed by atoms with Crippen molar-refractivity contribution in [1.82, 2.24) is 0 Å². The first-order chi connectivity index (χ1) is 8.78. The Balaban J connectivity index is 1.86. The number of hydrogen-bond donors (Lipinski definition) is 1. The molecule has 2 aromatic carbocycles. The van der Waals surface area contributed by atoms with Crippen LogP contribution in [0.25, 0.3) is 0 Å². The number of hydrogen-bond acceptors (Lipinski definition) is 4. The van der Waals surface area contributed by atoms with Crippen LogP contribution in [0.2, 0.25) is 0 Å². The molecule has 1 aliphatic rings. The van der Waals surface area contributed by atoms with Gasteiger partial charge >= 0.3 is 0 Å². The molecule has 0 amide bonds. The van der Waals surface area contributed by atoms with Gasteiger partial charge in [-0.25, -0.2) is 0 Å². The molecule has 0 unspecified atom stereocenters. The minimum atomic E-state index is 0.371. The van der Waals surface area contributed by atoms with E-state index in [0.717, 1.165) is 28.4 Å². The number of nitrogens with zero attached hydrogens (tertiary/aromatic N) is 1. The van der Waals surface area contributed by atoms with Crippen LogP contribution in [0.1, 0.15) is 5.56 Å². The van der Waals surface area contributed by atoms with E-state index in [2.05, 4.69) is 4.31 Å². The third-order valence-electron chi connectivity index (χ3n) is 2.98. The van der Waals surface area contributed by atoms with Crippen LogP contribution < -0.4 is 9.04 Å². The molecule has 1 aliphatic heterocycles. The Bertz CT molecular complexity index is 569. The van der Waals surface area contributed by atoms with Crippen molar-refractivity contribution in [3.63, 3.8) is 0 Å². The summed E-state index contributed by atoms with van der Waals surface area (Å²) in [6.45, 7) is 0.721. The Morgan fingerprint density at radius 3 is 2.61 bits per heavy atom. The van der Waals surface area contributed by atoms with Crippen molar-refractivity contribution < 1.29 is 9.84 Å². The molecule has 0 aromatic heterocycles. The molecule has 1 N–H and O–H groups in total. The van der Waals surface area contributed by atoms with Crippen molar-refractivity contribution in [2.75, 3.05) is 11.4 Å². The van der Waals surface area contributed by atoms with Crippen LogP contribution in [-0.2, 0) is 6.54 Å². The molecule has 0 bridgehead atoms. The molecule has 18 heavy (non-hydrogen) atoms. The van der Waals surface area contributed by atoms with Crippen molar-refractivity contribution in [2.45, 2.75) is 11.4 Å². The van der Waals surface area contributed by atoms with Crippen LogP contribution >= 0.6 is 11.9 Å². The highest BCUT2D eigenvalue weighted by molar-refractivity contribution is 8.01. The first-order valence-electron chi connectivity index (χ1n) is 5.68. The Kier molecular flexibility index (Phi) is 2.80. The minimum absolute atomic E-state index is 0.371. The number of anilines is 1. The average Bonchev–Trinajstić information content (AvgIpc) is 2.84. The number of methoxy groups -OCH3 is 1. The zero-order chi connectivity index (χ0) is 12.5. The maximum atomic E-state index is 9.82. The number of phenolic OH excluding ortho intramolecular Hbond substituents is 1. The van der Waals surface area contributed by atoms with E-state index < -0.39 is 0 Å². The molecule has 0 atom stereocenters. The number of ether oxygens (including phenoxy) is 1. The van der Waals surface area contributed by atoms with Gasteiger partial charge in [-0.05, 0) is 48.3 Å². The fourth-order valence-corrected chi connectivity index (χ4v) is 3.06. The van der Waals surface area contributed by atoms with E-state index in [4.69, 9.17) is 4.74 Å². The first-order valence-corrected chi connectivity index (χ1v) is 6.45. The van der Waals surface area contributed by atoms with E-state index in [1.807, 2.05) is 36.4 Å². The zero-order valence-corrected chi connectivity index (χ0v) is 10.8. The van der Waals surface area contributed by atoms with E-state index in [9.17, 15) is 5.11 Å². The van der Waals surface area contributed by atoms with Crippen LogP contribution in [0.15, 0.2) is 47.4 Å². The monoisotopic (exact) mass is 259 g/mol. The highest BCUT2D eigenvalue weighted by atomic mass is 32.2. The molecule has 1 heterocycles. The molecular formula is C14H13NO2S. The lowest BCUT2D eigenvalue weighted by atomic mass is 10.2. The van der Waals surface area contributed by atoms with Crippen LogP contribution in [-0.4, -0.2) is 12.2 Å². The van der Waals surface area contributed by atoms with E-state index in [0.29, 0.717) is 5.75 Å². The summed E-state index contributed by atoms with van der Waals surface area (Å²) in [6.07, 6.45) is 0. The molecule has 0 saturated carbocycles. The predicted octanol–water partition coefficient (Wildman–Crippen LogP) is 3.43. The van der Waals surface area contributed by atoms with Crippen LogP contribution in [0.4, 0.5) is 5.69 Å². The minimum Gasteiger partial charge on any atom is -0.508 e. The molecule has 0 saturated heterocycles. The van der Waals surface area contributed by atoms with E-state index >= 15 is 0 Å². The summed E-state index contributed by atoms with van der Waals surface area (Å²) in [6, 6.07) is 13.6. The van der Waals surface area contributed by atoms with Gasteiger partial charge in [-0.3, -0.25) is 0 Å². The Morgan fingerprint density at radius 1 is 1.17 bits per heavy atom. The third kappa shape index (κ3) is 1.88. The molecule has 2 aromatic rings. The smallest absolute Gasteiger partial charge is 0.121 e. The maximum absolute atomic E-state index is 9.82. The normalized spacial score (nSPS) is 13.5. The summed E-state index contributed by atoms with van der Waals surface area (Å²) in [7, 11) is 1.66. The van der Waals surface area contributed by atoms with Gasteiger partial charge in [0.25, 0.3) is 0 Å². The molecule has 4 heteroatoms. The Labute approximate surface area is 110 Å². The molecule has 3 nitrogen and oxygen atoms in total. The Hall–Kier alpha value is -1.81. The van der Waals surface area contributed by atoms with Gasteiger partial charge in [0.05, 0.1) is 13.7 Å². The summed E-state index contributed by atoms with van der Waals surface area (Å²) in [5.41, 5.74) is 2.11. The fourth-order valence-electron chi connectivity index (χ4n) is 1.99. The molecule has 0 fully saturated rings. The second-order valence-electron chi connectivity index (χ2n) is 4.08. The SMILES string of the molecule is COc1ccc(N2Cc3c(O)cccc3S2)cc1. The van der Waals surface area contributed by atoms with Crippen molar-refractivity contribution in [3.05, 3.63) is 48.0 Å². The van der Waals surface area contributed by atoms with E-state index in [-0.39, 0.29) is 0 Å². The fraction of sp³-hybridized carbons (Fsp3) is 0.143. The van der Waals surface area contributed by atoms with Gasteiger partial charge in [-0.2, -0.15) is 0 Å². The maximum Gasteiger partial charge on any atom is 0.121 e. The zero-order valence-electron chi connectivity index (χ0n) is 9.96. The summed E-state index contributed by atoms with van der Waals surface area (Å²) in [5.74, 6) is 1.22. The first kappa shape index (κ1) is 11.3. The van der Waals surface area contributed by atoms with Crippen molar-refractivity contribution in [1.29, 1.82) is 0 Å². The molecule has 0 aliphatic carbocycles. The van der Waals surface area contributed by atoms with Crippen LogP contribution in [0, 0.1) is 0 Å². The number of fused-ring (bicyclic) bond motifs is 1. The lowest BCUT2D eigenvalue weighted by Crippen LogP contribution is -2.06. The largest absolute Gasteiger partial charge is 0.508 e. The van der Waals surface area contributed by atoms with Crippen LogP contribution in [0.5, 0.6) is 11.5 Å². The summed E-state index contributed by atoms with van der Waals surface area (Å²) in [4.78, 5) is 1.12. The van der Waals surface area contributed by atoms with Gasteiger partial charge in [0.2, 0.25) is 0 Å². The third-order valence-corrected chi connectivity index (χ3v) is 4.12. The molecule has 0 spiro atoms. The van der Waals surface area contributed by atoms with Crippen molar-refractivity contribution >= 4 is 17.6 Å². The second kappa shape index (κ2) is 4.46. The topological polar surface area (TPSA) is 32.7 Å². The standard InChI is InChI=1S/C14H13NO2S/c1-17-11-7-5-10(6-8-11)15-9-12-13(16)3-2-4-14(12)18-15/h2-8,16H,9H2,1H3. The molecule has 0 radical (unpaired) electrons. The van der Waals surface area contributed by atoms with E-state index in [1.165, 1.54) is 0 Å². The number of benzene rings is 2. The number of rotatable bonds is 2. The second-order valence-corrected chi connectivity index (χ2v) is 5.14. The van der Waals surface area contributed by atoms with E-state index in [1.54, 1.807) is 25.1 Å². The Morgan fingerprint density at radius 2 is 1.94 bits per heavy atom. The highest BCUT2D eigenvalue weighted by Gasteiger charge is 2.22. The highest BCUT2D eigenvalue weighted by Crippen LogP contribution is 2.42. The average molecular weight is 259 g/mol.